The number of fused-ring (bicyclic) bond motifs is 1. The van der Waals surface area contributed by atoms with Crippen molar-refractivity contribution in [2.75, 3.05) is 5.32 Å². The lowest BCUT2D eigenvalue weighted by atomic mass is 9.98. The van der Waals surface area contributed by atoms with Crippen molar-refractivity contribution in [1.29, 1.82) is 5.26 Å². The van der Waals surface area contributed by atoms with E-state index in [1.807, 2.05) is 38.1 Å². The van der Waals surface area contributed by atoms with E-state index in [9.17, 15) is 14.9 Å². The number of anilines is 1. The van der Waals surface area contributed by atoms with Crippen LogP contribution >= 0.6 is 0 Å². The number of imidazole rings is 1. The summed E-state index contributed by atoms with van der Waals surface area (Å²) in [6.45, 7) is 3.76. The molecule has 1 amide bonds. The predicted octanol–water partition coefficient (Wildman–Crippen LogP) is 2.91. The maximum absolute atomic E-state index is 12.6. The number of hydrogen-bond acceptors (Lipinski definition) is 4. The molecule has 0 spiro atoms. The molecule has 1 aromatic carbocycles. The van der Waals surface area contributed by atoms with Crippen molar-refractivity contribution in [3.8, 4) is 6.07 Å². The van der Waals surface area contributed by atoms with Gasteiger partial charge in [-0.15, -0.1) is 0 Å². The molecular formula is C19H16N4O2. The van der Waals surface area contributed by atoms with E-state index >= 15 is 0 Å². The average molecular weight is 332 g/mol. The van der Waals surface area contributed by atoms with Gasteiger partial charge in [0.05, 0.1) is 24.1 Å². The third-order valence-corrected chi connectivity index (χ3v) is 4.00. The zero-order valence-electron chi connectivity index (χ0n) is 13.9. The molecule has 0 bridgehead atoms. The fourth-order valence-electron chi connectivity index (χ4n) is 2.55. The molecule has 0 aliphatic rings. The lowest BCUT2D eigenvalue weighted by molar-refractivity contribution is -0.117. The Morgan fingerprint density at radius 3 is 2.80 bits per heavy atom. The van der Waals surface area contributed by atoms with E-state index in [4.69, 9.17) is 0 Å². The maximum atomic E-state index is 12.6. The van der Waals surface area contributed by atoms with Crippen molar-refractivity contribution in [2.24, 2.45) is 5.92 Å². The Hall–Kier alpha value is -3.46. The van der Waals surface area contributed by atoms with Gasteiger partial charge in [0.15, 0.2) is 11.7 Å². The van der Waals surface area contributed by atoms with E-state index < -0.39 is 17.6 Å². The number of Topliss-reactive ketones (excluding diaryl/α,β-unsaturated/α-hetero) is 1. The largest absolute Gasteiger partial charge is 0.324 e. The van der Waals surface area contributed by atoms with Crippen LogP contribution in [0.2, 0.25) is 0 Å². The number of amides is 1. The number of rotatable bonds is 4. The highest BCUT2D eigenvalue weighted by molar-refractivity contribution is 6.15. The van der Waals surface area contributed by atoms with Gasteiger partial charge in [0.25, 0.3) is 0 Å². The zero-order chi connectivity index (χ0) is 18.0. The highest BCUT2D eigenvalue weighted by Gasteiger charge is 2.28. The lowest BCUT2D eigenvalue weighted by Crippen LogP contribution is -2.29. The van der Waals surface area contributed by atoms with Crippen LogP contribution in [0.25, 0.3) is 5.52 Å². The number of carbonyl (C=O) groups is 2. The van der Waals surface area contributed by atoms with Gasteiger partial charge >= 0.3 is 0 Å². The van der Waals surface area contributed by atoms with E-state index in [0.29, 0.717) is 11.3 Å². The SMILES string of the molecule is Cc1ccc(C)c(NC(=O)[C@H](C#N)C(=O)c2ccn3cncc3c2)c1. The highest BCUT2D eigenvalue weighted by Crippen LogP contribution is 2.19. The standard InChI is InChI=1S/C19H16N4O2/c1-12-3-4-13(2)17(7-12)22-19(25)16(9-20)18(24)14-5-6-23-11-21-10-15(23)8-14/h3-8,10-11,16H,1-2H3,(H,22,25)/t16-/m1/s1. The molecule has 2 aromatic heterocycles. The van der Waals surface area contributed by atoms with Gasteiger partial charge in [-0.25, -0.2) is 4.98 Å². The minimum absolute atomic E-state index is 0.302. The fraction of sp³-hybridized carbons (Fsp3) is 0.158. The van der Waals surface area contributed by atoms with Gasteiger partial charge in [0, 0.05) is 17.4 Å². The smallest absolute Gasteiger partial charge is 0.249 e. The monoisotopic (exact) mass is 332 g/mol. The average Bonchev–Trinajstić information content (AvgIpc) is 3.06. The third kappa shape index (κ3) is 3.26. The number of ketones is 1. The summed E-state index contributed by atoms with van der Waals surface area (Å²) in [5.74, 6) is -2.58. The van der Waals surface area contributed by atoms with E-state index in [0.717, 1.165) is 16.6 Å². The van der Waals surface area contributed by atoms with Gasteiger partial charge in [-0.1, -0.05) is 12.1 Å². The number of nitriles is 1. The molecule has 3 rings (SSSR count). The molecule has 0 saturated heterocycles. The number of pyridine rings is 1. The first-order valence-corrected chi connectivity index (χ1v) is 7.73. The number of carbonyl (C=O) groups excluding carboxylic acids is 2. The number of benzene rings is 1. The molecule has 3 aromatic rings. The second kappa shape index (κ2) is 6.57. The van der Waals surface area contributed by atoms with Crippen LogP contribution in [0, 0.1) is 31.1 Å². The summed E-state index contributed by atoms with van der Waals surface area (Å²) in [4.78, 5) is 29.1. The van der Waals surface area contributed by atoms with Crippen LogP contribution in [0.15, 0.2) is 49.1 Å². The molecule has 25 heavy (non-hydrogen) atoms. The van der Waals surface area contributed by atoms with Crippen LogP contribution in [-0.4, -0.2) is 21.1 Å². The van der Waals surface area contributed by atoms with Gasteiger partial charge in [-0.2, -0.15) is 5.26 Å². The summed E-state index contributed by atoms with van der Waals surface area (Å²) in [6.07, 6.45) is 4.89. The van der Waals surface area contributed by atoms with Gasteiger partial charge in [0.2, 0.25) is 5.91 Å². The van der Waals surface area contributed by atoms with Crippen LogP contribution in [0.5, 0.6) is 0 Å². The van der Waals surface area contributed by atoms with Crippen LogP contribution in [0.4, 0.5) is 5.69 Å². The number of nitrogens with zero attached hydrogens (tertiary/aromatic N) is 3. The van der Waals surface area contributed by atoms with Gasteiger partial charge in [0.1, 0.15) is 0 Å². The van der Waals surface area contributed by atoms with Gasteiger partial charge in [-0.3, -0.25) is 9.59 Å². The van der Waals surface area contributed by atoms with Gasteiger partial charge in [-0.05, 0) is 43.2 Å². The summed E-state index contributed by atoms with van der Waals surface area (Å²) in [6, 6.07) is 10.6. The quantitative estimate of drug-likeness (QED) is 0.588. The number of nitrogens with one attached hydrogen (secondary N) is 1. The Morgan fingerprint density at radius 1 is 1.24 bits per heavy atom. The first-order valence-electron chi connectivity index (χ1n) is 7.73. The Morgan fingerprint density at radius 2 is 2.04 bits per heavy atom. The Labute approximate surface area is 144 Å². The molecule has 0 unspecified atom stereocenters. The van der Waals surface area contributed by atoms with Crippen molar-refractivity contribution in [2.45, 2.75) is 13.8 Å². The van der Waals surface area contributed by atoms with Crippen molar-refractivity contribution in [3.63, 3.8) is 0 Å². The van der Waals surface area contributed by atoms with Crippen molar-refractivity contribution in [3.05, 3.63) is 65.7 Å². The summed E-state index contributed by atoms with van der Waals surface area (Å²) < 4.78 is 1.74. The minimum Gasteiger partial charge on any atom is -0.324 e. The second-order valence-corrected chi connectivity index (χ2v) is 5.88. The number of aromatic nitrogens is 2. The van der Waals surface area contributed by atoms with E-state index in [2.05, 4.69) is 10.3 Å². The predicted molar refractivity (Wildman–Crippen MR) is 93.2 cm³/mol. The number of aryl methyl sites for hydroxylation is 2. The molecule has 124 valence electrons. The molecule has 0 fully saturated rings. The van der Waals surface area contributed by atoms with Crippen molar-refractivity contribution >= 4 is 22.9 Å². The van der Waals surface area contributed by atoms with Crippen LogP contribution in [0.3, 0.4) is 0 Å². The minimum atomic E-state index is -1.41. The molecule has 1 atom stereocenters. The molecule has 2 heterocycles. The summed E-state index contributed by atoms with van der Waals surface area (Å²) in [7, 11) is 0. The van der Waals surface area contributed by atoms with Crippen LogP contribution < -0.4 is 5.32 Å². The Balaban J connectivity index is 1.85. The summed E-state index contributed by atoms with van der Waals surface area (Å²) in [5.41, 5.74) is 3.47. The topological polar surface area (TPSA) is 87.3 Å². The summed E-state index contributed by atoms with van der Waals surface area (Å²) in [5, 5.41) is 12.0. The van der Waals surface area contributed by atoms with E-state index in [-0.39, 0.29) is 0 Å². The second-order valence-electron chi connectivity index (χ2n) is 5.88. The zero-order valence-corrected chi connectivity index (χ0v) is 13.9. The molecule has 6 nitrogen and oxygen atoms in total. The number of hydrogen-bond donors (Lipinski definition) is 1. The van der Waals surface area contributed by atoms with Gasteiger partial charge < -0.3 is 9.72 Å². The van der Waals surface area contributed by atoms with E-state index in [1.54, 1.807) is 35.3 Å². The van der Waals surface area contributed by atoms with Crippen LogP contribution in [-0.2, 0) is 4.79 Å². The Kier molecular flexibility index (Phi) is 4.31. The first-order chi connectivity index (χ1) is 12.0. The Bertz CT molecular complexity index is 1010. The van der Waals surface area contributed by atoms with E-state index in [1.165, 1.54) is 0 Å². The molecule has 0 aliphatic carbocycles. The fourth-order valence-corrected chi connectivity index (χ4v) is 2.55. The highest BCUT2D eigenvalue weighted by atomic mass is 16.2. The first kappa shape index (κ1) is 16.4. The molecular weight excluding hydrogens is 316 g/mol. The third-order valence-electron chi connectivity index (χ3n) is 4.00. The molecule has 1 N–H and O–H groups in total. The molecule has 0 aliphatic heterocycles. The lowest BCUT2D eigenvalue weighted by Gasteiger charge is -2.12. The molecule has 0 saturated carbocycles. The van der Waals surface area contributed by atoms with Crippen LogP contribution in [0.1, 0.15) is 21.5 Å². The normalized spacial score (nSPS) is 11.7. The van der Waals surface area contributed by atoms with Crippen molar-refractivity contribution < 1.29 is 9.59 Å². The maximum Gasteiger partial charge on any atom is 0.249 e. The summed E-state index contributed by atoms with van der Waals surface area (Å²) >= 11 is 0. The van der Waals surface area contributed by atoms with Crippen molar-refractivity contribution in [1.82, 2.24) is 9.38 Å². The molecule has 0 radical (unpaired) electrons. The molecule has 6 heteroatoms.